The molecule has 2 aromatic heterocycles. The molecule has 1 aliphatic heterocycles. The number of hydrogen-bond acceptors (Lipinski definition) is 10. The Labute approximate surface area is 262 Å². The zero-order valence-electron chi connectivity index (χ0n) is 26.5. The number of aromatic nitrogens is 1. The zero-order valence-corrected chi connectivity index (χ0v) is 27.3. The normalized spacial score (nSPS) is 23.4. The molecule has 5 rings (SSSR count). The summed E-state index contributed by atoms with van der Waals surface area (Å²) in [4.78, 5) is 35.7. The number of carbonyl (C=O) groups excluding carboxylic acids is 2. The van der Waals surface area contributed by atoms with Gasteiger partial charge in [-0.15, -0.1) is 11.3 Å². The lowest BCUT2D eigenvalue weighted by atomic mass is 9.85. The summed E-state index contributed by atoms with van der Waals surface area (Å²) in [7, 11) is 0. The van der Waals surface area contributed by atoms with Gasteiger partial charge in [0, 0.05) is 0 Å². The highest BCUT2D eigenvalue weighted by Gasteiger charge is 2.51. The number of thiophene rings is 1. The Morgan fingerprint density at radius 1 is 1.18 bits per heavy atom. The van der Waals surface area contributed by atoms with E-state index in [4.69, 9.17) is 13.9 Å². The van der Waals surface area contributed by atoms with Crippen molar-refractivity contribution in [1.82, 2.24) is 9.88 Å². The minimum Gasteiger partial charge on any atom is -0.458 e. The molecule has 238 valence electrons. The Morgan fingerprint density at radius 2 is 1.84 bits per heavy atom. The van der Waals surface area contributed by atoms with E-state index < -0.39 is 41.1 Å². The molecule has 0 saturated heterocycles. The molecule has 2 unspecified atom stereocenters. The minimum absolute atomic E-state index is 0.0919. The average Bonchev–Trinajstić information content (AvgIpc) is 3.59. The summed E-state index contributed by atoms with van der Waals surface area (Å²) < 4.78 is 18.0. The van der Waals surface area contributed by atoms with E-state index in [-0.39, 0.29) is 12.6 Å². The van der Waals surface area contributed by atoms with Crippen LogP contribution in [0.4, 0.5) is 5.00 Å². The van der Waals surface area contributed by atoms with Crippen LogP contribution in [-0.4, -0.2) is 67.7 Å². The van der Waals surface area contributed by atoms with Gasteiger partial charge >= 0.3 is 5.97 Å². The summed E-state index contributed by atoms with van der Waals surface area (Å²) in [6.45, 7) is 12.3. The molecule has 3 aromatic rings. The molecule has 44 heavy (non-hydrogen) atoms. The van der Waals surface area contributed by atoms with Gasteiger partial charge in [-0.05, 0) is 85.3 Å². The van der Waals surface area contributed by atoms with Crippen molar-refractivity contribution in [3.05, 3.63) is 59.5 Å². The molecule has 0 spiro atoms. The maximum atomic E-state index is 14.3. The van der Waals surface area contributed by atoms with E-state index in [9.17, 15) is 19.8 Å². The van der Waals surface area contributed by atoms with E-state index in [2.05, 4.69) is 4.98 Å². The van der Waals surface area contributed by atoms with Gasteiger partial charge in [-0.25, -0.2) is 9.78 Å². The van der Waals surface area contributed by atoms with Crippen LogP contribution in [0.2, 0.25) is 0 Å². The fourth-order valence-corrected chi connectivity index (χ4v) is 7.10. The third kappa shape index (κ3) is 6.42. The highest BCUT2D eigenvalue weighted by Crippen LogP contribution is 2.47. The predicted molar refractivity (Wildman–Crippen MR) is 167 cm³/mol. The number of benzene rings is 1. The second-order valence-corrected chi connectivity index (χ2v) is 14.5. The van der Waals surface area contributed by atoms with E-state index in [1.807, 2.05) is 44.2 Å². The van der Waals surface area contributed by atoms with Crippen LogP contribution in [0.5, 0.6) is 0 Å². The molecule has 10 nitrogen and oxygen atoms in total. The largest absolute Gasteiger partial charge is 0.458 e. The Bertz CT molecular complexity index is 1470. The molecular weight excluding hydrogens is 582 g/mol. The summed E-state index contributed by atoms with van der Waals surface area (Å²) >= 11 is 1.31. The summed E-state index contributed by atoms with van der Waals surface area (Å²) in [5.41, 5.74) is -1.10. The van der Waals surface area contributed by atoms with Gasteiger partial charge in [-0.3, -0.25) is 9.69 Å². The van der Waals surface area contributed by atoms with Crippen LogP contribution in [0.3, 0.4) is 0 Å². The summed E-state index contributed by atoms with van der Waals surface area (Å²) in [6, 6.07) is 9.76. The second kappa shape index (κ2) is 11.9. The third-order valence-corrected chi connectivity index (χ3v) is 9.68. The van der Waals surface area contributed by atoms with E-state index in [0.29, 0.717) is 52.6 Å². The molecule has 3 heterocycles. The quantitative estimate of drug-likeness (QED) is 0.298. The highest BCUT2D eigenvalue weighted by atomic mass is 32.1. The van der Waals surface area contributed by atoms with Crippen LogP contribution in [0, 0.1) is 6.92 Å². The maximum Gasteiger partial charge on any atom is 0.332 e. The SMILES string of the molecule is Cc1c(-c2ncco2)sc2c1C(=O)N(C(C)(C)C(=O)OC(C)(C)C)C(O)N2CC(OC1CCC(C)(O)CC1)c1ccccc1. The maximum absolute atomic E-state index is 14.3. The van der Waals surface area contributed by atoms with Crippen LogP contribution >= 0.6 is 11.3 Å². The molecule has 1 amide bonds. The lowest BCUT2D eigenvalue weighted by Gasteiger charge is -2.48. The van der Waals surface area contributed by atoms with Gasteiger partial charge < -0.3 is 29.0 Å². The fourth-order valence-electron chi connectivity index (χ4n) is 5.84. The first-order valence-corrected chi connectivity index (χ1v) is 15.9. The lowest BCUT2D eigenvalue weighted by molar-refractivity contribution is -0.172. The minimum atomic E-state index is -1.52. The number of amides is 1. The number of esters is 1. The van der Waals surface area contributed by atoms with Crippen molar-refractivity contribution in [2.24, 2.45) is 0 Å². The zero-order chi connectivity index (χ0) is 32.0. The molecular formula is C33H43N3O7S. The lowest BCUT2D eigenvalue weighted by Crippen LogP contribution is -2.66. The first-order valence-electron chi connectivity index (χ1n) is 15.1. The smallest absolute Gasteiger partial charge is 0.332 e. The van der Waals surface area contributed by atoms with Gasteiger partial charge in [0.15, 0.2) is 0 Å². The van der Waals surface area contributed by atoms with E-state index in [1.165, 1.54) is 22.5 Å². The number of nitrogens with zero attached hydrogens (tertiary/aromatic N) is 3. The molecule has 2 atom stereocenters. The number of anilines is 1. The van der Waals surface area contributed by atoms with Crippen molar-refractivity contribution >= 4 is 28.2 Å². The van der Waals surface area contributed by atoms with Gasteiger partial charge in [0.2, 0.25) is 12.2 Å². The molecule has 1 aliphatic carbocycles. The van der Waals surface area contributed by atoms with Gasteiger partial charge in [0.05, 0.1) is 34.9 Å². The van der Waals surface area contributed by atoms with Gasteiger partial charge in [0.25, 0.3) is 5.91 Å². The summed E-state index contributed by atoms with van der Waals surface area (Å²) in [5.74, 6) is -0.753. The van der Waals surface area contributed by atoms with E-state index in [0.717, 1.165) is 5.56 Å². The number of ether oxygens (including phenoxy) is 2. The van der Waals surface area contributed by atoms with Crippen molar-refractivity contribution < 1.29 is 33.7 Å². The van der Waals surface area contributed by atoms with Gasteiger partial charge in [-0.1, -0.05) is 30.3 Å². The number of fused-ring (bicyclic) bond motifs is 1. The molecule has 1 aromatic carbocycles. The third-order valence-electron chi connectivity index (χ3n) is 8.36. The number of aliphatic hydroxyl groups is 2. The first kappa shape index (κ1) is 32.2. The summed E-state index contributed by atoms with van der Waals surface area (Å²) in [6.07, 6.45) is 3.60. The first-order chi connectivity index (χ1) is 20.6. The van der Waals surface area contributed by atoms with Crippen LogP contribution < -0.4 is 4.90 Å². The van der Waals surface area contributed by atoms with Crippen LogP contribution in [0.25, 0.3) is 10.8 Å². The van der Waals surface area contributed by atoms with Crippen molar-refractivity contribution in [1.29, 1.82) is 0 Å². The predicted octanol–water partition coefficient (Wildman–Crippen LogP) is 5.82. The van der Waals surface area contributed by atoms with Gasteiger partial charge in [0.1, 0.15) is 28.5 Å². The monoisotopic (exact) mass is 625 g/mol. The topological polar surface area (TPSA) is 126 Å². The summed E-state index contributed by atoms with van der Waals surface area (Å²) in [5, 5.41) is 23.1. The second-order valence-electron chi connectivity index (χ2n) is 13.5. The Hall–Kier alpha value is -3.25. The molecule has 2 aliphatic rings. The number of hydrogen-bond donors (Lipinski definition) is 2. The molecule has 0 radical (unpaired) electrons. The van der Waals surface area contributed by atoms with Gasteiger partial charge in [-0.2, -0.15) is 0 Å². The van der Waals surface area contributed by atoms with Crippen molar-refractivity contribution in [3.8, 4) is 10.8 Å². The molecule has 1 fully saturated rings. The standard InChI is InChI=1S/C33H43N3O7S/c1-20-24-27(37)36(32(5,6)29(38)43-31(2,3)4)30(39)35(28(24)44-25(20)26-34-17-18-41-26)19-23(21-11-9-8-10-12-21)42-22-13-15-33(7,40)16-14-22/h8-12,17-18,22-23,30,39-40H,13-16,19H2,1-7H3. The number of rotatable bonds is 8. The number of oxazole rings is 1. The Morgan fingerprint density at radius 3 is 2.43 bits per heavy atom. The van der Waals surface area contributed by atoms with Crippen molar-refractivity contribution in [2.45, 2.75) is 109 Å². The Kier molecular flexibility index (Phi) is 8.71. The van der Waals surface area contributed by atoms with Crippen LogP contribution in [0.15, 0.2) is 47.2 Å². The van der Waals surface area contributed by atoms with E-state index >= 15 is 0 Å². The fraction of sp³-hybridized carbons (Fsp3) is 0.545. The highest BCUT2D eigenvalue weighted by molar-refractivity contribution is 7.20. The average molecular weight is 626 g/mol. The van der Waals surface area contributed by atoms with E-state index in [1.54, 1.807) is 45.7 Å². The molecule has 2 N–H and O–H groups in total. The molecule has 11 heteroatoms. The van der Waals surface area contributed by atoms with Crippen molar-refractivity contribution in [3.63, 3.8) is 0 Å². The molecule has 1 saturated carbocycles. The van der Waals surface area contributed by atoms with Crippen LogP contribution in [0.1, 0.15) is 94.8 Å². The van der Waals surface area contributed by atoms with Crippen LogP contribution in [-0.2, 0) is 14.3 Å². The number of carbonyl (C=O) groups is 2. The Balaban J connectivity index is 1.57. The van der Waals surface area contributed by atoms with Crippen molar-refractivity contribution in [2.75, 3.05) is 11.4 Å². The molecule has 0 bridgehead atoms. The number of aliphatic hydroxyl groups excluding tert-OH is 1.